The van der Waals surface area contributed by atoms with Crippen molar-refractivity contribution in [2.75, 3.05) is 6.54 Å². The van der Waals surface area contributed by atoms with Crippen LogP contribution in [0.1, 0.15) is 68.3 Å². The summed E-state index contributed by atoms with van der Waals surface area (Å²) in [6.07, 6.45) is 8.84. The molecule has 14 nitrogen and oxygen atoms in total. The predicted molar refractivity (Wildman–Crippen MR) is 199 cm³/mol. The summed E-state index contributed by atoms with van der Waals surface area (Å²) in [7, 11) is -2.24. The van der Waals surface area contributed by atoms with Gasteiger partial charge < -0.3 is 20.3 Å². The molecule has 3 fully saturated rings. The number of nitrogens with zero attached hydrogens (tertiary/aromatic N) is 4. The molecule has 0 spiro atoms. The van der Waals surface area contributed by atoms with E-state index in [1.54, 1.807) is 37.5 Å². The third-order valence-corrected chi connectivity index (χ3v) is 12.8. The number of aryl methyl sites for hydroxylation is 1. The number of aromatic nitrogens is 3. The van der Waals surface area contributed by atoms with Crippen LogP contribution in [0.4, 0.5) is 4.39 Å². The number of carbonyl (C=O) groups is 4. The van der Waals surface area contributed by atoms with Gasteiger partial charge >= 0.3 is 0 Å². The van der Waals surface area contributed by atoms with Crippen LogP contribution in [-0.4, -0.2) is 87.2 Å². The van der Waals surface area contributed by atoms with Crippen molar-refractivity contribution in [3.63, 3.8) is 0 Å². The predicted octanol–water partition coefficient (Wildman–Crippen LogP) is 3.41. The number of benzene rings is 2. The SMILES string of the molecule is Cn1ccc(C(=O)N[C@H]2CCCCC/C=C\[C@@H]3C[C@@]3(C(=O)NS(=O)(=O)C3CC3)NC(=O)[C@@H]3C[C@@H](Oc4nc5ccccc5c5cc(F)ccc45)CN3C2=O)n1. The van der Waals surface area contributed by atoms with Crippen LogP contribution >= 0.6 is 0 Å². The molecule has 4 heterocycles. The molecule has 2 aliphatic heterocycles. The highest BCUT2D eigenvalue weighted by Gasteiger charge is 2.62. The lowest BCUT2D eigenvalue weighted by atomic mass is 10.0. The van der Waals surface area contributed by atoms with E-state index in [-0.39, 0.29) is 31.0 Å². The number of halogens is 1. The molecule has 0 unspecified atom stereocenters. The van der Waals surface area contributed by atoms with E-state index >= 15 is 0 Å². The Labute approximate surface area is 316 Å². The molecule has 55 heavy (non-hydrogen) atoms. The van der Waals surface area contributed by atoms with Crippen LogP contribution in [0.25, 0.3) is 21.7 Å². The van der Waals surface area contributed by atoms with Crippen molar-refractivity contribution in [1.29, 1.82) is 0 Å². The second-order valence-electron chi connectivity index (χ2n) is 15.0. The van der Waals surface area contributed by atoms with Gasteiger partial charge in [0.05, 0.1) is 17.3 Å². The van der Waals surface area contributed by atoms with Crippen LogP contribution in [0, 0.1) is 11.7 Å². The Balaban J connectivity index is 1.13. The largest absolute Gasteiger partial charge is 0.472 e. The summed E-state index contributed by atoms with van der Waals surface area (Å²) < 4.78 is 50.4. The highest BCUT2D eigenvalue weighted by atomic mass is 32.2. The highest BCUT2D eigenvalue weighted by molar-refractivity contribution is 7.91. The normalized spacial score (nSPS) is 26.6. The van der Waals surface area contributed by atoms with Crippen molar-refractivity contribution in [3.8, 4) is 5.88 Å². The van der Waals surface area contributed by atoms with E-state index in [0.29, 0.717) is 48.4 Å². The van der Waals surface area contributed by atoms with Crippen LogP contribution in [0.15, 0.2) is 66.9 Å². The summed E-state index contributed by atoms with van der Waals surface area (Å²) in [5.74, 6) is -3.20. The number of hydrogen-bond acceptors (Lipinski definition) is 9. The average molecular weight is 772 g/mol. The van der Waals surface area contributed by atoms with E-state index in [1.165, 1.54) is 21.7 Å². The summed E-state index contributed by atoms with van der Waals surface area (Å²) in [6, 6.07) is 10.9. The number of rotatable bonds is 7. The van der Waals surface area contributed by atoms with E-state index in [9.17, 15) is 32.0 Å². The quantitative estimate of drug-likeness (QED) is 0.187. The first-order chi connectivity index (χ1) is 26.4. The standard InChI is InChI=1S/C39H42FN7O7S/c1-46-18-17-31(44-46)34(48)41-32-12-6-4-2-3-5-9-23-21-39(23,38(51)45-55(52,53)26-14-15-26)43-35(49)33-20-25(22-47(33)37(32)50)54-36-28-16-13-24(40)19-29(28)27-10-7-8-11-30(27)42-36/h5,7-11,13,16-19,23,25-26,32-33H,2-4,6,12,14-15,20-22H2,1H3,(H,41,48)(H,43,49)(H,45,51)/b9-5-/t23-,25-,32+,33+,39-/m1/s1. The molecule has 1 saturated heterocycles. The van der Waals surface area contributed by atoms with Crippen LogP contribution in [0.2, 0.25) is 0 Å². The molecule has 2 saturated carbocycles. The number of nitrogens with one attached hydrogen (secondary N) is 3. The smallest absolute Gasteiger partial charge is 0.272 e. The Kier molecular flexibility index (Phi) is 9.55. The van der Waals surface area contributed by atoms with Gasteiger partial charge in [0, 0.05) is 36.4 Å². The van der Waals surface area contributed by atoms with Gasteiger partial charge in [-0.25, -0.2) is 17.8 Å². The van der Waals surface area contributed by atoms with Crippen molar-refractivity contribution in [2.45, 2.75) is 86.8 Å². The number of para-hydroxylation sites is 1. The molecule has 0 bridgehead atoms. The summed E-state index contributed by atoms with van der Waals surface area (Å²) in [5.41, 5.74) is -0.833. The zero-order valence-corrected chi connectivity index (χ0v) is 31.1. The zero-order chi connectivity index (χ0) is 38.5. The fraction of sp³-hybridized carbons (Fsp3) is 0.436. The lowest BCUT2D eigenvalue weighted by Gasteiger charge is -2.29. The van der Waals surface area contributed by atoms with E-state index in [4.69, 9.17) is 9.72 Å². The Hall–Kier alpha value is -5.38. The molecular weight excluding hydrogens is 730 g/mol. The number of allylic oxidation sites excluding steroid dienone is 1. The molecule has 0 radical (unpaired) electrons. The second-order valence-corrected chi connectivity index (χ2v) is 17.0. The summed E-state index contributed by atoms with van der Waals surface area (Å²) in [5, 5.41) is 11.1. The summed E-state index contributed by atoms with van der Waals surface area (Å²) in [4.78, 5) is 62.2. The lowest BCUT2D eigenvalue weighted by molar-refractivity contribution is -0.141. The number of carbonyl (C=O) groups excluding carboxylic acids is 4. The fourth-order valence-electron chi connectivity index (χ4n) is 7.76. The van der Waals surface area contributed by atoms with Gasteiger partial charge in [-0.3, -0.25) is 28.6 Å². The first kappa shape index (κ1) is 36.6. The lowest BCUT2D eigenvalue weighted by Crippen LogP contribution is -2.58. The number of pyridine rings is 1. The van der Waals surface area contributed by atoms with E-state index in [2.05, 4.69) is 20.5 Å². The maximum atomic E-state index is 14.6. The maximum absolute atomic E-state index is 14.6. The van der Waals surface area contributed by atoms with Gasteiger partial charge in [0.25, 0.3) is 11.8 Å². The number of hydrogen-bond donors (Lipinski definition) is 3. The van der Waals surface area contributed by atoms with Crippen LogP contribution in [0.5, 0.6) is 5.88 Å². The van der Waals surface area contributed by atoms with Crippen molar-refractivity contribution in [1.82, 2.24) is 35.0 Å². The molecule has 2 aromatic heterocycles. The van der Waals surface area contributed by atoms with Gasteiger partial charge in [-0.05, 0) is 74.2 Å². The number of amides is 4. The Morgan fingerprint density at radius 3 is 2.62 bits per heavy atom. The zero-order valence-electron chi connectivity index (χ0n) is 30.2. The minimum Gasteiger partial charge on any atom is -0.472 e. The third-order valence-electron chi connectivity index (χ3n) is 11.0. The van der Waals surface area contributed by atoms with Gasteiger partial charge in [0.2, 0.25) is 27.7 Å². The van der Waals surface area contributed by atoms with Gasteiger partial charge in [0.1, 0.15) is 35.2 Å². The molecule has 5 atom stereocenters. The molecule has 2 aromatic carbocycles. The van der Waals surface area contributed by atoms with E-state index < -0.39 is 74.4 Å². The first-order valence-electron chi connectivity index (χ1n) is 18.7. The van der Waals surface area contributed by atoms with Crippen molar-refractivity contribution in [3.05, 3.63) is 78.4 Å². The van der Waals surface area contributed by atoms with Crippen molar-refractivity contribution in [2.24, 2.45) is 13.0 Å². The molecule has 288 valence electrons. The molecule has 4 aliphatic rings. The van der Waals surface area contributed by atoms with Gasteiger partial charge in [-0.15, -0.1) is 0 Å². The highest BCUT2D eigenvalue weighted by Crippen LogP contribution is 2.46. The minimum atomic E-state index is -3.91. The van der Waals surface area contributed by atoms with Crippen LogP contribution in [-0.2, 0) is 31.5 Å². The van der Waals surface area contributed by atoms with Crippen molar-refractivity contribution >= 4 is 55.3 Å². The third kappa shape index (κ3) is 7.39. The number of fused-ring (bicyclic) bond motifs is 5. The molecule has 4 amide bonds. The van der Waals surface area contributed by atoms with Crippen LogP contribution < -0.4 is 20.1 Å². The van der Waals surface area contributed by atoms with E-state index in [0.717, 1.165) is 18.2 Å². The number of ether oxygens (including phenoxy) is 1. The van der Waals surface area contributed by atoms with Gasteiger partial charge in [0.15, 0.2) is 0 Å². The maximum Gasteiger partial charge on any atom is 0.272 e. The molecule has 4 aromatic rings. The fourth-order valence-corrected chi connectivity index (χ4v) is 9.12. The molecule has 3 N–H and O–H groups in total. The van der Waals surface area contributed by atoms with Gasteiger partial charge in [-0.2, -0.15) is 5.10 Å². The molecule has 8 rings (SSSR count). The Morgan fingerprint density at radius 1 is 1.02 bits per heavy atom. The molecule has 2 aliphatic carbocycles. The average Bonchev–Trinajstić information content (AvgIpc) is 4.05. The first-order valence-corrected chi connectivity index (χ1v) is 20.3. The Bertz CT molecular complexity index is 2340. The molecule has 16 heteroatoms. The Morgan fingerprint density at radius 2 is 1.84 bits per heavy atom. The second kappa shape index (κ2) is 14.4. The minimum absolute atomic E-state index is 0.00570. The van der Waals surface area contributed by atoms with Crippen molar-refractivity contribution < 1.29 is 36.7 Å². The number of sulfonamides is 1. The van der Waals surface area contributed by atoms with Crippen LogP contribution in [0.3, 0.4) is 0 Å². The molecular formula is C39H42FN7O7S. The topological polar surface area (TPSA) is 182 Å². The van der Waals surface area contributed by atoms with E-state index in [1.807, 2.05) is 24.3 Å². The van der Waals surface area contributed by atoms with Gasteiger partial charge in [-0.1, -0.05) is 43.2 Å². The summed E-state index contributed by atoms with van der Waals surface area (Å²) in [6.45, 7) is -0.0668. The summed E-state index contributed by atoms with van der Waals surface area (Å²) >= 11 is 0. The monoisotopic (exact) mass is 771 g/mol.